The molecule has 1 aliphatic heterocycles. The van der Waals surface area contributed by atoms with Gasteiger partial charge in [0.05, 0.1) is 13.2 Å². The normalized spacial score (nSPS) is 17.0. The maximum Gasteiger partial charge on any atom is 0.422 e. The largest absolute Gasteiger partial charge is 0.464 e. The van der Waals surface area contributed by atoms with E-state index in [4.69, 9.17) is 4.74 Å². The summed E-state index contributed by atoms with van der Waals surface area (Å²) in [5, 5.41) is 14.8. The van der Waals surface area contributed by atoms with Gasteiger partial charge in [0.2, 0.25) is 5.91 Å². The number of hydrogen-bond acceptors (Lipinski definition) is 4. The number of nitrogens with one attached hydrogen (secondary N) is 1. The van der Waals surface area contributed by atoms with Crippen LogP contribution in [0.4, 0.5) is 10.5 Å². The molecule has 1 fully saturated rings. The molecule has 7 nitrogen and oxygen atoms in total. The van der Waals surface area contributed by atoms with E-state index in [1.165, 1.54) is 0 Å². The van der Waals surface area contributed by atoms with Gasteiger partial charge < -0.3 is 15.2 Å². The van der Waals surface area contributed by atoms with Crippen LogP contribution in [0.25, 0.3) is 0 Å². The number of ether oxygens (including phenoxy) is 1. The minimum absolute atomic E-state index is 0.366. The molecule has 0 aromatic heterocycles. The first kappa shape index (κ1) is 15.3. The number of carboxylic acid groups (broad SMARTS) is 1. The molecule has 2 rings (SSSR count). The lowest BCUT2D eigenvalue weighted by Gasteiger charge is -2.38. The number of morpholine rings is 1. The summed E-state index contributed by atoms with van der Waals surface area (Å²) in [6, 6.07) is 8.14. The number of rotatable bonds is 4. The van der Waals surface area contributed by atoms with Gasteiger partial charge in [-0.25, -0.2) is 14.8 Å². The molecule has 1 aliphatic rings. The van der Waals surface area contributed by atoms with Crippen molar-refractivity contribution in [3.05, 3.63) is 30.3 Å². The molecule has 1 atom stereocenters. The number of amides is 2. The van der Waals surface area contributed by atoms with Gasteiger partial charge in [0, 0.05) is 18.8 Å². The van der Waals surface area contributed by atoms with E-state index in [1.807, 2.05) is 6.07 Å². The fourth-order valence-electron chi connectivity index (χ4n) is 2.18. The van der Waals surface area contributed by atoms with Crippen LogP contribution >= 0.6 is 0 Å². The first-order valence-electron chi connectivity index (χ1n) is 6.80. The molecule has 0 spiro atoms. The summed E-state index contributed by atoms with van der Waals surface area (Å²) >= 11 is 0. The second-order valence-electron chi connectivity index (χ2n) is 4.72. The van der Waals surface area contributed by atoms with Crippen molar-refractivity contribution in [3.8, 4) is 0 Å². The zero-order valence-electron chi connectivity index (χ0n) is 11.9. The molecule has 0 aliphatic carbocycles. The highest BCUT2D eigenvalue weighted by atomic mass is 16.5. The van der Waals surface area contributed by atoms with Crippen LogP contribution in [0.15, 0.2) is 30.3 Å². The molecule has 1 aromatic rings. The molecule has 114 valence electrons. The predicted octanol–water partition coefficient (Wildman–Crippen LogP) is 1.24. The van der Waals surface area contributed by atoms with Crippen LogP contribution in [0.3, 0.4) is 0 Å². The topological polar surface area (TPSA) is 82.1 Å². The Balaban J connectivity index is 2.05. The molecular weight excluding hydrogens is 274 g/mol. The minimum Gasteiger partial charge on any atom is -0.464 e. The van der Waals surface area contributed by atoms with Crippen molar-refractivity contribution in [1.29, 1.82) is 0 Å². The highest BCUT2D eigenvalue weighted by Crippen LogP contribution is 2.12. The Kier molecular flexibility index (Phi) is 5.13. The standard InChI is InChI=1S/C14H19N3O4/c1-11(13(18)15-12-5-3-2-4-6-12)17(14(19)20)16-7-9-21-10-8-16/h2-6,11H,7-10H2,1H3,(H,15,18)(H,19,20). The van der Waals surface area contributed by atoms with E-state index in [-0.39, 0.29) is 5.91 Å². The lowest BCUT2D eigenvalue weighted by Crippen LogP contribution is -2.57. The van der Waals surface area contributed by atoms with E-state index in [1.54, 1.807) is 36.2 Å². The van der Waals surface area contributed by atoms with E-state index < -0.39 is 12.1 Å². The lowest BCUT2D eigenvalue weighted by molar-refractivity contribution is -0.133. The van der Waals surface area contributed by atoms with E-state index in [0.717, 1.165) is 5.01 Å². The van der Waals surface area contributed by atoms with Gasteiger partial charge in [0.15, 0.2) is 0 Å². The van der Waals surface area contributed by atoms with Crippen molar-refractivity contribution in [2.75, 3.05) is 31.6 Å². The number of benzene rings is 1. The van der Waals surface area contributed by atoms with Crippen LogP contribution in [-0.4, -0.2) is 59.5 Å². The van der Waals surface area contributed by atoms with Gasteiger partial charge in [-0.05, 0) is 19.1 Å². The third-order valence-electron chi connectivity index (χ3n) is 3.28. The van der Waals surface area contributed by atoms with Gasteiger partial charge in [0.1, 0.15) is 6.04 Å². The summed E-state index contributed by atoms with van der Waals surface area (Å²) in [6.07, 6.45) is -1.15. The molecule has 1 saturated heterocycles. The van der Waals surface area contributed by atoms with Crippen molar-refractivity contribution in [3.63, 3.8) is 0 Å². The highest BCUT2D eigenvalue weighted by Gasteiger charge is 2.31. The molecule has 21 heavy (non-hydrogen) atoms. The fraction of sp³-hybridized carbons (Fsp3) is 0.429. The number of anilines is 1. The first-order chi connectivity index (χ1) is 10.1. The number of hydrazine groups is 1. The van der Waals surface area contributed by atoms with Crippen molar-refractivity contribution in [2.45, 2.75) is 13.0 Å². The van der Waals surface area contributed by atoms with E-state index in [2.05, 4.69) is 5.32 Å². The lowest BCUT2D eigenvalue weighted by atomic mass is 10.2. The van der Waals surface area contributed by atoms with Crippen LogP contribution in [-0.2, 0) is 9.53 Å². The van der Waals surface area contributed by atoms with E-state index >= 15 is 0 Å². The Morgan fingerprint density at radius 3 is 2.48 bits per heavy atom. The quantitative estimate of drug-likeness (QED) is 0.873. The number of nitrogens with zero attached hydrogens (tertiary/aromatic N) is 2. The molecule has 1 aromatic carbocycles. The summed E-state index contributed by atoms with van der Waals surface area (Å²) in [4.78, 5) is 23.7. The summed E-state index contributed by atoms with van der Waals surface area (Å²) in [6.45, 7) is 3.39. The molecule has 0 radical (unpaired) electrons. The summed E-state index contributed by atoms with van der Waals surface area (Å²) in [5.74, 6) is -0.366. The zero-order valence-corrected chi connectivity index (χ0v) is 11.9. The van der Waals surface area contributed by atoms with Crippen molar-refractivity contribution < 1.29 is 19.4 Å². The SMILES string of the molecule is CC(C(=O)Nc1ccccc1)N(C(=O)O)N1CCOCC1. The van der Waals surface area contributed by atoms with Gasteiger partial charge >= 0.3 is 6.09 Å². The Labute approximate surface area is 123 Å². The van der Waals surface area contributed by atoms with Crippen LogP contribution in [0, 0.1) is 0 Å². The summed E-state index contributed by atoms with van der Waals surface area (Å²) in [5.41, 5.74) is 0.640. The Bertz CT molecular complexity index is 488. The third kappa shape index (κ3) is 3.93. The Hall–Kier alpha value is -2.12. The number of carbonyl (C=O) groups is 2. The van der Waals surface area contributed by atoms with Gasteiger partial charge in [-0.3, -0.25) is 4.79 Å². The number of carbonyl (C=O) groups excluding carboxylic acids is 1. The van der Waals surface area contributed by atoms with Crippen LogP contribution in [0.1, 0.15) is 6.92 Å². The van der Waals surface area contributed by atoms with Gasteiger partial charge in [0.25, 0.3) is 0 Å². The number of hydrogen-bond donors (Lipinski definition) is 2. The van der Waals surface area contributed by atoms with Crippen molar-refractivity contribution in [1.82, 2.24) is 10.0 Å². The molecule has 1 heterocycles. The van der Waals surface area contributed by atoms with Crippen molar-refractivity contribution >= 4 is 17.7 Å². The second-order valence-corrected chi connectivity index (χ2v) is 4.72. The number of para-hydroxylation sites is 1. The highest BCUT2D eigenvalue weighted by molar-refractivity contribution is 5.96. The maximum absolute atomic E-state index is 12.2. The first-order valence-corrected chi connectivity index (χ1v) is 6.80. The smallest absolute Gasteiger partial charge is 0.422 e. The van der Waals surface area contributed by atoms with Crippen LogP contribution < -0.4 is 5.32 Å². The molecule has 0 saturated carbocycles. The Morgan fingerprint density at radius 1 is 1.29 bits per heavy atom. The fourth-order valence-corrected chi connectivity index (χ4v) is 2.18. The predicted molar refractivity (Wildman–Crippen MR) is 76.8 cm³/mol. The molecule has 1 unspecified atom stereocenters. The summed E-state index contributed by atoms with van der Waals surface area (Å²) in [7, 11) is 0. The third-order valence-corrected chi connectivity index (χ3v) is 3.28. The molecule has 2 N–H and O–H groups in total. The van der Waals surface area contributed by atoms with E-state index in [0.29, 0.717) is 32.0 Å². The zero-order chi connectivity index (χ0) is 15.2. The molecular formula is C14H19N3O4. The monoisotopic (exact) mass is 293 g/mol. The molecule has 2 amide bonds. The van der Waals surface area contributed by atoms with Gasteiger partial charge in [-0.2, -0.15) is 0 Å². The van der Waals surface area contributed by atoms with Gasteiger partial charge in [-0.15, -0.1) is 0 Å². The second kappa shape index (κ2) is 7.05. The molecule has 7 heteroatoms. The average molecular weight is 293 g/mol. The van der Waals surface area contributed by atoms with Gasteiger partial charge in [-0.1, -0.05) is 18.2 Å². The maximum atomic E-state index is 12.2. The van der Waals surface area contributed by atoms with Crippen molar-refractivity contribution in [2.24, 2.45) is 0 Å². The van der Waals surface area contributed by atoms with Crippen LogP contribution in [0.5, 0.6) is 0 Å². The summed E-state index contributed by atoms with van der Waals surface area (Å²) < 4.78 is 5.20. The Morgan fingerprint density at radius 2 is 1.90 bits per heavy atom. The van der Waals surface area contributed by atoms with E-state index in [9.17, 15) is 14.7 Å². The minimum atomic E-state index is -1.15. The average Bonchev–Trinajstić information content (AvgIpc) is 2.49. The van der Waals surface area contributed by atoms with Crippen LogP contribution in [0.2, 0.25) is 0 Å². The molecule has 0 bridgehead atoms.